The van der Waals surface area contributed by atoms with Crippen molar-refractivity contribution in [2.24, 2.45) is 5.92 Å². The zero-order valence-corrected chi connectivity index (χ0v) is 12.5. The second kappa shape index (κ2) is 5.68. The van der Waals surface area contributed by atoms with Crippen LogP contribution in [0.5, 0.6) is 0 Å². The molecule has 0 bridgehead atoms. The number of benzene rings is 1. The van der Waals surface area contributed by atoms with Gasteiger partial charge in [-0.15, -0.1) is 0 Å². The number of pyridine rings is 1. The lowest BCUT2D eigenvalue weighted by Crippen LogP contribution is -2.17. The van der Waals surface area contributed by atoms with E-state index < -0.39 is 0 Å². The van der Waals surface area contributed by atoms with E-state index in [1.54, 1.807) is 17.1 Å². The van der Waals surface area contributed by atoms with Crippen LogP contribution in [0.1, 0.15) is 17.9 Å². The van der Waals surface area contributed by atoms with Crippen molar-refractivity contribution in [1.29, 1.82) is 0 Å². The van der Waals surface area contributed by atoms with Crippen molar-refractivity contribution in [3.05, 3.63) is 72.7 Å². The summed E-state index contributed by atoms with van der Waals surface area (Å²) in [6.07, 6.45) is 6.15. The Kier molecular flexibility index (Phi) is 3.38. The molecule has 4 rings (SSSR count). The lowest BCUT2D eigenvalue weighted by molar-refractivity contribution is -0.117. The Labute approximate surface area is 134 Å². The molecule has 1 N–H and O–H groups in total. The van der Waals surface area contributed by atoms with Gasteiger partial charge in [-0.2, -0.15) is 5.10 Å². The first kappa shape index (κ1) is 13.7. The molecule has 0 spiro atoms. The zero-order chi connectivity index (χ0) is 15.6. The first-order valence-corrected chi connectivity index (χ1v) is 7.63. The first-order valence-electron chi connectivity index (χ1n) is 7.63. The minimum Gasteiger partial charge on any atom is -0.310 e. The van der Waals surface area contributed by atoms with E-state index in [2.05, 4.69) is 15.4 Å². The minimum absolute atomic E-state index is 0.0123. The quantitative estimate of drug-likeness (QED) is 0.806. The summed E-state index contributed by atoms with van der Waals surface area (Å²) in [6.45, 7) is 0. The third-order valence-corrected chi connectivity index (χ3v) is 4.13. The minimum atomic E-state index is 0.0123. The Bertz CT molecular complexity index is 813. The number of hydrogen-bond acceptors (Lipinski definition) is 3. The number of anilines is 1. The van der Waals surface area contributed by atoms with Gasteiger partial charge < -0.3 is 5.32 Å². The number of aromatic nitrogens is 3. The summed E-state index contributed by atoms with van der Waals surface area (Å²) in [6, 6.07) is 15.5. The van der Waals surface area contributed by atoms with Crippen molar-refractivity contribution in [2.45, 2.75) is 12.3 Å². The van der Waals surface area contributed by atoms with Gasteiger partial charge in [0.2, 0.25) is 5.91 Å². The largest absolute Gasteiger partial charge is 0.310 e. The predicted octanol–water partition coefficient (Wildman–Crippen LogP) is 3.01. The molecule has 1 saturated carbocycles. The third-order valence-electron chi connectivity index (χ3n) is 4.13. The Morgan fingerprint density at radius 2 is 1.96 bits per heavy atom. The van der Waals surface area contributed by atoms with Gasteiger partial charge in [0, 0.05) is 24.4 Å². The molecular weight excluding hydrogens is 288 g/mol. The van der Waals surface area contributed by atoms with Crippen LogP contribution >= 0.6 is 0 Å². The smallest absolute Gasteiger partial charge is 0.229 e. The van der Waals surface area contributed by atoms with Crippen LogP contribution in [-0.4, -0.2) is 20.7 Å². The van der Waals surface area contributed by atoms with Crippen LogP contribution in [0.4, 0.5) is 5.82 Å². The van der Waals surface area contributed by atoms with Crippen LogP contribution < -0.4 is 5.32 Å². The van der Waals surface area contributed by atoms with Crippen molar-refractivity contribution in [2.75, 3.05) is 5.32 Å². The number of hydrogen-bond donors (Lipinski definition) is 1. The van der Waals surface area contributed by atoms with Crippen molar-refractivity contribution in [3.63, 3.8) is 0 Å². The predicted molar refractivity (Wildman–Crippen MR) is 87.3 cm³/mol. The second-order valence-corrected chi connectivity index (χ2v) is 5.69. The summed E-state index contributed by atoms with van der Waals surface area (Å²) in [5.41, 5.74) is 2.05. The number of para-hydroxylation sites is 1. The maximum absolute atomic E-state index is 12.5. The molecule has 0 radical (unpaired) electrons. The molecule has 1 aliphatic rings. The van der Waals surface area contributed by atoms with E-state index in [9.17, 15) is 4.79 Å². The van der Waals surface area contributed by atoms with Crippen molar-refractivity contribution >= 4 is 11.7 Å². The molecule has 0 aliphatic heterocycles. The van der Waals surface area contributed by atoms with Crippen LogP contribution in [0, 0.1) is 5.92 Å². The zero-order valence-electron chi connectivity index (χ0n) is 12.5. The number of amides is 1. The van der Waals surface area contributed by atoms with Crippen LogP contribution in [0.25, 0.3) is 5.69 Å². The maximum Gasteiger partial charge on any atom is 0.229 e. The Balaban J connectivity index is 1.48. The van der Waals surface area contributed by atoms with Crippen molar-refractivity contribution < 1.29 is 4.79 Å². The molecule has 23 heavy (non-hydrogen) atoms. The van der Waals surface area contributed by atoms with Gasteiger partial charge in [-0.05, 0) is 36.1 Å². The molecule has 2 heterocycles. The van der Waals surface area contributed by atoms with E-state index in [1.807, 2.05) is 54.7 Å². The number of carbonyl (C=O) groups is 1. The molecule has 1 fully saturated rings. The summed E-state index contributed by atoms with van der Waals surface area (Å²) in [5, 5.41) is 7.28. The summed E-state index contributed by atoms with van der Waals surface area (Å²) < 4.78 is 1.74. The summed E-state index contributed by atoms with van der Waals surface area (Å²) in [5.74, 6) is 1.02. The van der Waals surface area contributed by atoms with Crippen molar-refractivity contribution in [1.82, 2.24) is 14.8 Å². The highest BCUT2D eigenvalue weighted by atomic mass is 16.2. The molecule has 3 aromatic rings. The highest BCUT2D eigenvalue weighted by Crippen LogP contribution is 2.47. The fraction of sp³-hybridized carbons (Fsp3) is 0.167. The third kappa shape index (κ3) is 2.73. The van der Waals surface area contributed by atoms with Gasteiger partial charge in [0.25, 0.3) is 0 Å². The molecule has 5 nitrogen and oxygen atoms in total. The molecule has 5 heteroatoms. The molecule has 1 amide bonds. The number of nitrogens with zero attached hydrogens (tertiary/aromatic N) is 3. The number of nitrogens with one attached hydrogen (secondary N) is 1. The van der Waals surface area contributed by atoms with Gasteiger partial charge in [-0.1, -0.05) is 24.3 Å². The van der Waals surface area contributed by atoms with E-state index in [-0.39, 0.29) is 17.7 Å². The van der Waals surface area contributed by atoms with Gasteiger partial charge in [-0.3, -0.25) is 9.78 Å². The molecule has 0 unspecified atom stereocenters. The van der Waals surface area contributed by atoms with Crippen molar-refractivity contribution in [3.8, 4) is 5.69 Å². The molecule has 114 valence electrons. The highest BCUT2D eigenvalue weighted by molar-refractivity contribution is 5.94. The second-order valence-electron chi connectivity index (χ2n) is 5.69. The highest BCUT2D eigenvalue weighted by Gasteiger charge is 2.44. The molecule has 2 aromatic heterocycles. The standard InChI is InChI=1S/C18H16N4O/c23-18(16-11-15(16)13-5-4-9-19-12-13)21-17-8-10-20-22(17)14-6-2-1-3-7-14/h1-10,12,15-16H,11H2,(H,21,23)/t15-,16+/m0/s1. The Hall–Kier alpha value is -2.95. The molecule has 2 atom stereocenters. The average Bonchev–Trinajstić information content (AvgIpc) is 3.29. The van der Waals surface area contributed by atoms with Gasteiger partial charge in [0.05, 0.1) is 11.9 Å². The SMILES string of the molecule is O=C(Nc1ccnn1-c1ccccc1)[C@@H]1C[C@H]1c1cccnc1. The number of carbonyl (C=O) groups excluding carboxylic acids is 1. The lowest BCUT2D eigenvalue weighted by Gasteiger charge is -2.08. The van der Waals surface area contributed by atoms with E-state index in [4.69, 9.17) is 0 Å². The normalized spacial score (nSPS) is 19.3. The average molecular weight is 304 g/mol. The van der Waals surface area contributed by atoms with Crippen LogP contribution in [0.2, 0.25) is 0 Å². The Morgan fingerprint density at radius 3 is 2.74 bits per heavy atom. The van der Waals surface area contributed by atoms with Crippen LogP contribution in [0.15, 0.2) is 67.1 Å². The van der Waals surface area contributed by atoms with Gasteiger partial charge in [0.1, 0.15) is 5.82 Å². The summed E-state index contributed by atoms with van der Waals surface area (Å²) >= 11 is 0. The van der Waals surface area contributed by atoms with E-state index in [1.165, 1.54) is 0 Å². The van der Waals surface area contributed by atoms with Gasteiger partial charge in [-0.25, -0.2) is 4.68 Å². The van der Waals surface area contributed by atoms with Gasteiger partial charge >= 0.3 is 0 Å². The summed E-state index contributed by atoms with van der Waals surface area (Å²) in [4.78, 5) is 16.6. The molecule has 0 saturated heterocycles. The van der Waals surface area contributed by atoms with E-state index in [0.29, 0.717) is 5.82 Å². The maximum atomic E-state index is 12.5. The van der Waals surface area contributed by atoms with Crippen LogP contribution in [-0.2, 0) is 4.79 Å². The molecule has 1 aromatic carbocycles. The fourth-order valence-electron chi connectivity index (χ4n) is 2.84. The number of rotatable bonds is 4. The lowest BCUT2D eigenvalue weighted by atomic mass is 10.1. The fourth-order valence-corrected chi connectivity index (χ4v) is 2.84. The topological polar surface area (TPSA) is 59.8 Å². The molecule has 1 aliphatic carbocycles. The van der Waals surface area contributed by atoms with Gasteiger partial charge in [0.15, 0.2) is 0 Å². The summed E-state index contributed by atoms with van der Waals surface area (Å²) in [7, 11) is 0. The monoisotopic (exact) mass is 304 g/mol. The Morgan fingerprint density at radius 1 is 1.09 bits per heavy atom. The first-order chi connectivity index (χ1) is 11.3. The van der Waals surface area contributed by atoms with Crippen LogP contribution in [0.3, 0.4) is 0 Å². The van der Waals surface area contributed by atoms with E-state index >= 15 is 0 Å². The molecular formula is C18H16N4O. The van der Waals surface area contributed by atoms with E-state index in [0.717, 1.165) is 17.7 Å².